The molecule has 0 saturated heterocycles. The van der Waals surface area contributed by atoms with Crippen molar-refractivity contribution in [2.75, 3.05) is 13.1 Å². The molecule has 5 heteroatoms. The third-order valence-corrected chi connectivity index (χ3v) is 1.94. The molecular weight excluding hydrogens is 196 g/mol. The normalized spacial score (nSPS) is 9.67. The topological polar surface area (TPSA) is 70.5 Å². The van der Waals surface area contributed by atoms with Gasteiger partial charge in [-0.1, -0.05) is 6.07 Å². The van der Waals surface area contributed by atoms with Crippen molar-refractivity contribution in [3.05, 3.63) is 30.1 Å². The lowest BCUT2D eigenvalue weighted by Crippen LogP contribution is -2.34. The summed E-state index contributed by atoms with van der Waals surface area (Å²) >= 11 is 0. The molecule has 80 valence electrons. The first-order valence-corrected chi connectivity index (χ1v) is 4.57. The Hall–Kier alpha value is -1.91. The van der Waals surface area contributed by atoms with Crippen LogP contribution in [0.15, 0.2) is 24.4 Å². The Morgan fingerprint density at radius 3 is 2.67 bits per heavy atom. The van der Waals surface area contributed by atoms with Crippen molar-refractivity contribution in [3.8, 4) is 0 Å². The van der Waals surface area contributed by atoms with Crippen LogP contribution < -0.4 is 0 Å². The van der Waals surface area contributed by atoms with Gasteiger partial charge in [0.05, 0.1) is 6.54 Å². The number of ketones is 1. The Labute approximate surface area is 87.4 Å². The molecule has 1 aromatic heterocycles. The third-order valence-electron chi connectivity index (χ3n) is 1.94. The largest absolute Gasteiger partial charge is 0.465 e. The summed E-state index contributed by atoms with van der Waals surface area (Å²) in [5.74, 6) is -0.292. The quantitative estimate of drug-likeness (QED) is 0.756. The summed E-state index contributed by atoms with van der Waals surface area (Å²) in [7, 11) is 0. The summed E-state index contributed by atoms with van der Waals surface area (Å²) < 4.78 is 0. The number of hydrogen-bond donors (Lipinski definition) is 1. The van der Waals surface area contributed by atoms with Gasteiger partial charge in [-0.3, -0.25) is 9.78 Å². The van der Waals surface area contributed by atoms with E-state index in [-0.39, 0.29) is 24.6 Å². The maximum atomic E-state index is 11.6. The number of carbonyl (C=O) groups is 2. The van der Waals surface area contributed by atoms with Gasteiger partial charge in [-0.2, -0.15) is 0 Å². The van der Waals surface area contributed by atoms with Crippen molar-refractivity contribution in [1.82, 2.24) is 9.88 Å². The van der Waals surface area contributed by atoms with Crippen LogP contribution in [0.4, 0.5) is 4.79 Å². The molecule has 1 aromatic rings. The van der Waals surface area contributed by atoms with Crippen molar-refractivity contribution in [1.29, 1.82) is 0 Å². The van der Waals surface area contributed by atoms with Gasteiger partial charge < -0.3 is 10.0 Å². The van der Waals surface area contributed by atoms with Crippen LogP contribution in [0.2, 0.25) is 0 Å². The second kappa shape index (κ2) is 5.09. The maximum absolute atomic E-state index is 11.6. The maximum Gasteiger partial charge on any atom is 0.407 e. The number of Topliss-reactive ketones (excluding diaryl/α,β-unsaturated/α-hetero) is 1. The number of amides is 1. The molecule has 0 fully saturated rings. The van der Waals surface area contributed by atoms with Gasteiger partial charge in [0, 0.05) is 12.7 Å². The van der Waals surface area contributed by atoms with Crippen LogP contribution in [0, 0.1) is 0 Å². The fourth-order valence-electron chi connectivity index (χ4n) is 1.10. The van der Waals surface area contributed by atoms with Crippen LogP contribution in [-0.4, -0.2) is 40.0 Å². The number of aromatic nitrogens is 1. The number of nitrogens with zero attached hydrogens (tertiary/aromatic N) is 2. The van der Waals surface area contributed by atoms with Crippen LogP contribution in [-0.2, 0) is 0 Å². The van der Waals surface area contributed by atoms with Crippen molar-refractivity contribution in [2.24, 2.45) is 0 Å². The average Bonchev–Trinajstić information content (AvgIpc) is 2.26. The second-order valence-electron chi connectivity index (χ2n) is 2.93. The molecule has 0 aliphatic heterocycles. The molecule has 1 heterocycles. The van der Waals surface area contributed by atoms with Crippen LogP contribution in [0.1, 0.15) is 17.4 Å². The van der Waals surface area contributed by atoms with E-state index >= 15 is 0 Å². The van der Waals surface area contributed by atoms with Gasteiger partial charge in [0.1, 0.15) is 5.69 Å². The highest BCUT2D eigenvalue weighted by atomic mass is 16.4. The monoisotopic (exact) mass is 208 g/mol. The van der Waals surface area contributed by atoms with Crippen LogP contribution in [0.25, 0.3) is 0 Å². The number of rotatable bonds is 4. The highest BCUT2D eigenvalue weighted by molar-refractivity contribution is 5.97. The molecule has 1 rings (SSSR count). The summed E-state index contributed by atoms with van der Waals surface area (Å²) in [6.07, 6.45) is 0.409. The zero-order valence-electron chi connectivity index (χ0n) is 8.38. The third kappa shape index (κ3) is 3.05. The molecule has 0 unspecified atom stereocenters. The Morgan fingerprint density at radius 2 is 2.20 bits per heavy atom. The molecule has 1 amide bonds. The van der Waals surface area contributed by atoms with Gasteiger partial charge in [0.15, 0.2) is 0 Å². The van der Waals surface area contributed by atoms with E-state index in [1.807, 2.05) is 0 Å². The zero-order chi connectivity index (χ0) is 11.3. The Balaban J connectivity index is 2.67. The Kier molecular flexibility index (Phi) is 3.79. The molecule has 0 atom stereocenters. The van der Waals surface area contributed by atoms with Gasteiger partial charge >= 0.3 is 6.09 Å². The van der Waals surface area contributed by atoms with E-state index in [0.717, 1.165) is 4.90 Å². The molecular formula is C10H12N2O3. The van der Waals surface area contributed by atoms with Gasteiger partial charge in [-0.05, 0) is 19.1 Å². The predicted molar refractivity (Wildman–Crippen MR) is 53.8 cm³/mol. The highest BCUT2D eigenvalue weighted by Gasteiger charge is 2.15. The fraction of sp³-hybridized carbons (Fsp3) is 0.300. The summed E-state index contributed by atoms with van der Waals surface area (Å²) in [6.45, 7) is 1.82. The van der Waals surface area contributed by atoms with Crippen LogP contribution in [0.5, 0.6) is 0 Å². The molecule has 0 saturated carbocycles. The fourth-order valence-corrected chi connectivity index (χ4v) is 1.10. The minimum atomic E-state index is -1.10. The van der Waals surface area contributed by atoms with E-state index in [9.17, 15) is 9.59 Å². The van der Waals surface area contributed by atoms with Crippen molar-refractivity contribution < 1.29 is 14.7 Å². The van der Waals surface area contributed by atoms with E-state index in [4.69, 9.17) is 5.11 Å². The summed E-state index contributed by atoms with van der Waals surface area (Å²) in [5, 5.41) is 8.72. The molecule has 0 spiro atoms. The van der Waals surface area contributed by atoms with Crippen molar-refractivity contribution in [2.45, 2.75) is 6.92 Å². The van der Waals surface area contributed by atoms with Gasteiger partial charge in [-0.25, -0.2) is 4.79 Å². The van der Waals surface area contributed by atoms with Crippen LogP contribution in [0.3, 0.4) is 0 Å². The molecule has 0 aromatic carbocycles. The first-order chi connectivity index (χ1) is 7.15. The first-order valence-electron chi connectivity index (χ1n) is 4.57. The number of carboxylic acid groups (broad SMARTS) is 1. The molecule has 0 radical (unpaired) electrons. The minimum absolute atomic E-state index is 0.150. The minimum Gasteiger partial charge on any atom is -0.465 e. The predicted octanol–water partition coefficient (Wildman–Crippen LogP) is 1.26. The summed E-state index contributed by atoms with van der Waals surface area (Å²) in [6, 6.07) is 4.96. The highest BCUT2D eigenvalue weighted by Crippen LogP contribution is 1.98. The van der Waals surface area contributed by atoms with E-state index in [1.165, 1.54) is 6.20 Å². The van der Waals surface area contributed by atoms with Gasteiger partial charge in [0.25, 0.3) is 0 Å². The zero-order valence-corrected chi connectivity index (χ0v) is 8.38. The smallest absolute Gasteiger partial charge is 0.407 e. The van der Waals surface area contributed by atoms with E-state index in [1.54, 1.807) is 25.1 Å². The molecule has 0 aliphatic rings. The molecule has 0 bridgehead atoms. The average molecular weight is 208 g/mol. The number of hydrogen-bond acceptors (Lipinski definition) is 3. The van der Waals surface area contributed by atoms with Crippen molar-refractivity contribution in [3.63, 3.8) is 0 Å². The molecule has 1 N–H and O–H groups in total. The molecule has 15 heavy (non-hydrogen) atoms. The number of likely N-dealkylation sites (N-methyl/N-ethyl adjacent to an activating group) is 1. The lowest BCUT2D eigenvalue weighted by Gasteiger charge is -2.15. The van der Waals surface area contributed by atoms with E-state index < -0.39 is 6.09 Å². The van der Waals surface area contributed by atoms with Crippen LogP contribution >= 0.6 is 0 Å². The lowest BCUT2D eigenvalue weighted by molar-refractivity contribution is 0.0908. The second-order valence-corrected chi connectivity index (χ2v) is 2.93. The molecule has 5 nitrogen and oxygen atoms in total. The van der Waals surface area contributed by atoms with E-state index in [0.29, 0.717) is 0 Å². The standard InChI is InChI=1S/C10H12N2O3/c1-2-12(10(14)15)7-9(13)8-5-3-4-6-11-8/h3-6H,2,7H2,1H3,(H,14,15). The van der Waals surface area contributed by atoms with Crippen molar-refractivity contribution >= 4 is 11.9 Å². The first kappa shape index (κ1) is 11.2. The Morgan fingerprint density at radius 1 is 1.47 bits per heavy atom. The molecule has 0 aliphatic carbocycles. The number of pyridine rings is 1. The number of carbonyl (C=O) groups excluding carboxylic acids is 1. The van der Waals surface area contributed by atoms with Gasteiger partial charge in [0.2, 0.25) is 5.78 Å². The summed E-state index contributed by atoms with van der Waals surface area (Å²) in [5.41, 5.74) is 0.289. The van der Waals surface area contributed by atoms with Gasteiger partial charge in [-0.15, -0.1) is 0 Å². The Bertz CT molecular complexity index is 351. The van der Waals surface area contributed by atoms with E-state index in [2.05, 4.69) is 4.98 Å². The SMILES string of the molecule is CCN(CC(=O)c1ccccn1)C(=O)O. The summed E-state index contributed by atoms with van der Waals surface area (Å²) in [4.78, 5) is 27.1. The lowest BCUT2D eigenvalue weighted by atomic mass is 10.2.